The summed E-state index contributed by atoms with van der Waals surface area (Å²) in [5.41, 5.74) is 0.996. The van der Waals surface area contributed by atoms with Gasteiger partial charge in [-0.1, -0.05) is 19.1 Å². The van der Waals surface area contributed by atoms with E-state index in [1.54, 1.807) is 25.1 Å². The number of carbonyl (C=O) groups is 1. The van der Waals surface area contributed by atoms with Gasteiger partial charge in [0.15, 0.2) is 0 Å². The fourth-order valence-electron chi connectivity index (χ4n) is 2.60. The minimum absolute atomic E-state index is 0.151. The van der Waals surface area contributed by atoms with Crippen molar-refractivity contribution in [2.24, 2.45) is 4.99 Å². The van der Waals surface area contributed by atoms with Crippen LogP contribution >= 0.6 is 0 Å². The van der Waals surface area contributed by atoms with E-state index in [0.717, 1.165) is 0 Å². The Morgan fingerprint density at radius 1 is 1.25 bits per heavy atom. The van der Waals surface area contributed by atoms with E-state index in [1.807, 2.05) is 0 Å². The standard InChI is InChI=1S/C17H14FN3O3/c1-2-14-17(22)20-15-8-7-10(21(23)24)9-12(15)16(19-14)11-5-3-4-6-13(11)18/h3-9,14H,2H2,1H3,(H,20,22). The molecule has 1 amide bonds. The zero-order chi connectivity index (χ0) is 17.3. The first-order valence-corrected chi connectivity index (χ1v) is 7.43. The molecule has 3 rings (SSSR count). The second-order valence-electron chi connectivity index (χ2n) is 5.36. The van der Waals surface area contributed by atoms with Crippen LogP contribution in [0, 0.1) is 15.9 Å². The molecule has 1 atom stereocenters. The van der Waals surface area contributed by atoms with E-state index >= 15 is 0 Å². The smallest absolute Gasteiger partial charge is 0.270 e. The Balaban J connectivity index is 2.27. The highest BCUT2D eigenvalue weighted by Gasteiger charge is 2.27. The van der Waals surface area contributed by atoms with E-state index in [9.17, 15) is 19.3 Å². The van der Waals surface area contributed by atoms with E-state index in [2.05, 4.69) is 10.3 Å². The van der Waals surface area contributed by atoms with Crippen molar-refractivity contribution in [1.82, 2.24) is 0 Å². The van der Waals surface area contributed by atoms with Crippen molar-refractivity contribution in [3.05, 3.63) is 69.5 Å². The Kier molecular flexibility index (Phi) is 4.07. The highest BCUT2D eigenvalue weighted by atomic mass is 19.1. The third-order valence-electron chi connectivity index (χ3n) is 3.83. The summed E-state index contributed by atoms with van der Waals surface area (Å²) in [4.78, 5) is 27.2. The van der Waals surface area contributed by atoms with Gasteiger partial charge in [-0.2, -0.15) is 0 Å². The molecule has 6 nitrogen and oxygen atoms in total. The van der Waals surface area contributed by atoms with Gasteiger partial charge in [0.1, 0.15) is 11.9 Å². The summed E-state index contributed by atoms with van der Waals surface area (Å²) in [6.07, 6.45) is 0.430. The number of benzene rings is 2. The molecule has 0 aliphatic carbocycles. The van der Waals surface area contributed by atoms with E-state index in [4.69, 9.17) is 0 Å². The first kappa shape index (κ1) is 15.8. The molecule has 122 valence electrons. The van der Waals surface area contributed by atoms with Crippen LogP contribution in [-0.4, -0.2) is 22.6 Å². The maximum atomic E-state index is 14.3. The van der Waals surface area contributed by atoms with Gasteiger partial charge in [0, 0.05) is 23.3 Å². The summed E-state index contributed by atoms with van der Waals surface area (Å²) >= 11 is 0. The van der Waals surface area contributed by atoms with Crippen LogP contribution in [0.15, 0.2) is 47.5 Å². The summed E-state index contributed by atoms with van der Waals surface area (Å²) in [6.45, 7) is 1.80. The van der Waals surface area contributed by atoms with Crippen LogP contribution in [0.25, 0.3) is 0 Å². The fraction of sp³-hybridized carbons (Fsp3) is 0.176. The van der Waals surface area contributed by atoms with Crippen LogP contribution in [0.2, 0.25) is 0 Å². The van der Waals surface area contributed by atoms with Crippen LogP contribution in [0.3, 0.4) is 0 Å². The molecule has 1 unspecified atom stereocenters. The molecule has 2 aromatic carbocycles. The molecule has 0 spiro atoms. The van der Waals surface area contributed by atoms with Gasteiger partial charge in [0.2, 0.25) is 5.91 Å². The van der Waals surface area contributed by atoms with Gasteiger partial charge >= 0.3 is 0 Å². The summed E-state index contributed by atoms with van der Waals surface area (Å²) in [7, 11) is 0. The highest BCUT2D eigenvalue weighted by molar-refractivity contribution is 6.20. The topological polar surface area (TPSA) is 84.6 Å². The van der Waals surface area contributed by atoms with E-state index < -0.39 is 16.8 Å². The van der Waals surface area contributed by atoms with Gasteiger partial charge in [-0.05, 0) is 24.6 Å². The molecule has 0 saturated heterocycles. The molecule has 0 aromatic heterocycles. The minimum atomic E-state index is -0.689. The molecular weight excluding hydrogens is 313 g/mol. The van der Waals surface area contributed by atoms with Gasteiger partial charge < -0.3 is 5.32 Å². The van der Waals surface area contributed by atoms with Crippen LogP contribution < -0.4 is 5.32 Å². The van der Waals surface area contributed by atoms with Crippen LogP contribution in [0.5, 0.6) is 0 Å². The van der Waals surface area contributed by atoms with Gasteiger partial charge in [0.05, 0.1) is 16.3 Å². The van der Waals surface area contributed by atoms with Gasteiger partial charge in [-0.15, -0.1) is 0 Å². The Morgan fingerprint density at radius 2 is 2.00 bits per heavy atom. The van der Waals surface area contributed by atoms with Gasteiger partial charge in [0.25, 0.3) is 5.69 Å². The Labute approximate surface area is 137 Å². The van der Waals surface area contributed by atoms with Crippen molar-refractivity contribution in [1.29, 1.82) is 0 Å². The van der Waals surface area contributed by atoms with Crippen molar-refractivity contribution in [3.8, 4) is 0 Å². The number of anilines is 1. The zero-order valence-corrected chi connectivity index (χ0v) is 12.8. The number of nitro benzene ring substituents is 1. The maximum absolute atomic E-state index is 14.3. The third-order valence-corrected chi connectivity index (χ3v) is 3.83. The lowest BCUT2D eigenvalue weighted by atomic mass is 9.99. The van der Waals surface area contributed by atoms with Crippen molar-refractivity contribution >= 4 is 23.0 Å². The molecular formula is C17H14FN3O3. The number of aliphatic imine (C=N–C) groups is 1. The van der Waals surface area contributed by atoms with E-state index in [0.29, 0.717) is 17.7 Å². The number of halogens is 1. The normalized spacial score (nSPS) is 16.7. The second-order valence-corrected chi connectivity index (χ2v) is 5.36. The number of benzodiazepines with no additional fused rings is 1. The second kappa shape index (κ2) is 6.19. The number of carbonyl (C=O) groups excluding carboxylic acids is 1. The monoisotopic (exact) mass is 327 g/mol. The SMILES string of the molecule is CCC1N=C(c2ccccc2F)c2cc([N+](=O)[O-])ccc2NC1=O. The molecule has 0 fully saturated rings. The number of rotatable bonds is 3. The number of nitro groups is 1. The van der Waals surface area contributed by atoms with Crippen molar-refractivity contribution in [2.75, 3.05) is 5.32 Å². The summed E-state index contributed by atoms with van der Waals surface area (Å²) < 4.78 is 14.3. The summed E-state index contributed by atoms with van der Waals surface area (Å²) in [5.74, 6) is -0.822. The lowest BCUT2D eigenvalue weighted by Gasteiger charge is -2.10. The van der Waals surface area contributed by atoms with E-state index in [1.165, 1.54) is 24.3 Å². The molecule has 1 aliphatic heterocycles. The van der Waals surface area contributed by atoms with Crippen LogP contribution in [0.1, 0.15) is 24.5 Å². The highest BCUT2D eigenvalue weighted by Crippen LogP contribution is 2.29. The molecule has 0 saturated carbocycles. The number of nitrogens with zero attached hydrogens (tertiary/aromatic N) is 2. The summed E-state index contributed by atoms with van der Waals surface area (Å²) in [5, 5.41) is 13.8. The molecule has 7 heteroatoms. The number of fused-ring (bicyclic) bond motifs is 1. The maximum Gasteiger partial charge on any atom is 0.270 e. The minimum Gasteiger partial charge on any atom is -0.324 e. The van der Waals surface area contributed by atoms with Crippen LogP contribution in [0.4, 0.5) is 15.8 Å². The average Bonchev–Trinajstić information content (AvgIpc) is 2.70. The van der Waals surface area contributed by atoms with Crippen molar-refractivity contribution in [2.45, 2.75) is 19.4 Å². The largest absolute Gasteiger partial charge is 0.324 e. The van der Waals surface area contributed by atoms with Gasteiger partial charge in [-0.25, -0.2) is 4.39 Å². The third kappa shape index (κ3) is 2.76. The lowest BCUT2D eigenvalue weighted by Crippen LogP contribution is -2.24. The predicted octanol–water partition coefficient (Wildman–Crippen LogP) is 3.30. The first-order valence-electron chi connectivity index (χ1n) is 7.43. The van der Waals surface area contributed by atoms with Gasteiger partial charge in [-0.3, -0.25) is 19.9 Å². The quantitative estimate of drug-likeness (QED) is 0.693. The molecule has 1 aliphatic rings. The van der Waals surface area contributed by atoms with Crippen molar-refractivity contribution in [3.63, 3.8) is 0 Å². The number of hydrogen-bond donors (Lipinski definition) is 1. The zero-order valence-electron chi connectivity index (χ0n) is 12.8. The van der Waals surface area contributed by atoms with Crippen molar-refractivity contribution < 1.29 is 14.1 Å². The predicted molar refractivity (Wildman–Crippen MR) is 87.8 cm³/mol. The first-order chi connectivity index (χ1) is 11.5. The lowest BCUT2D eigenvalue weighted by molar-refractivity contribution is -0.384. The number of non-ortho nitro benzene ring substituents is 1. The summed E-state index contributed by atoms with van der Waals surface area (Å²) in [6, 6.07) is 9.38. The van der Waals surface area contributed by atoms with Crippen LogP contribution in [-0.2, 0) is 4.79 Å². The van der Waals surface area contributed by atoms with E-state index in [-0.39, 0.29) is 22.9 Å². The average molecular weight is 327 g/mol. The fourth-order valence-corrected chi connectivity index (χ4v) is 2.60. The molecule has 0 radical (unpaired) electrons. The molecule has 1 heterocycles. The number of nitrogens with one attached hydrogen (secondary N) is 1. The Hall–Kier alpha value is -3.09. The Morgan fingerprint density at radius 3 is 2.67 bits per heavy atom. The number of hydrogen-bond acceptors (Lipinski definition) is 4. The number of amides is 1. The molecule has 2 aromatic rings. The molecule has 24 heavy (non-hydrogen) atoms. The Bertz CT molecular complexity index is 864. The molecule has 0 bridgehead atoms. The molecule has 1 N–H and O–H groups in total.